The van der Waals surface area contributed by atoms with Crippen LogP contribution in [0.5, 0.6) is 17.5 Å². The van der Waals surface area contributed by atoms with E-state index in [0.717, 1.165) is 37.3 Å². The molecule has 0 aliphatic carbocycles. The van der Waals surface area contributed by atoms with Crippen molar-refractivity contribution in [3.63, 3.8) is 0 Å². The molecule has 0 spiro atoms. The largest absolute Gasteiger partial charge is 0.484 e. The molecule has 2 aliphatic heterocycles. The molecule has 0 saturated carbocycles. The molecule has 1 saturated heterocycles. The third-order valence-corrected chi connectivity index (χ3v) is 6.03. The maximum absolute atomic E-state index is 5.65. The van der Waals surface area contributed by atoms with E-state index in [1.54, 1.807) is 7.11 Å². The van der Waals surface area contributed by atoms with Crippen LogP contribution < -0.4 is 14.2 Å². The van der Waals surface area contributed by atoms with Gasteiger partial charge >= 0.3 is 0 Å². The molecular formula is C21H27N3O3S. The van der Waals surface area contributed by atoms with Crippen molar-refractivity contribution in [3.05, 3.63) is 41.2 Å². The van der Waals surface area contributed by atoms with Crippen molar-refractivity contribution in [2.45, 2.75) is 31.6 Å². The summed E-state index contributed by atoms with van der Waals surface area (Å²) in [6.45, 7) is 7.18. The Labute approximate surface area is 171 Å². The Morgan fingerprint density at radius 3 is 2.89 bits per heavy atom. The molecule has 0 N–H and O–H groups in total. The molecule has 28 heavy (non-hydrogen) atoms. The smallest absolute Gasteiger partial charge is 0.257 e. The molecule has 2 atom stereocenters. The number of hydrogen-bond donors (Lipinski definition) is 1. The van der Waals surface area contributed by atoms with Gasteiger partial charge in [0, 0.05) is 24.8 Å². The number of aromatic nitrogens is 2. The Hall–Kier alpha value is -1.99. The standard InChI is InChI=1S/C21H27N3O3S/c1-14-10-16(12-19(22-14)25-3)11-15-6-7-24(13-15)21(2,28)18-5-4-17-20(23-18)27-9-8-26-17/h4-5,10,12,15,28H,6-9,11,13H2,1-3H3/t15?,21-/m0/s1. The Kier molecular flexibility index (Phi) is 5.38. The highest BCUT2D eigenvalue weighted by atomic mass is 32.1. The molecule has 2 aromatic heterocycles. The van der Waals surface area contributed by atoms with Crippen molar-refractivity contribution < 1.29 is 14.2 Å². The molecule has 0 radical (unpaired) electrons. The number of ether oxygens (including phenoxy) is 3. The van der Waals surface area contributed by atoms with Crippen LogP contribution in [0.3, 0.4) is 0 Å². The van der Waals surface area contributed by atoms with E-state index in [1.807, 2.05) is 25.1 Å². The van der Waals surface area contributed by atoms with Gasteiger partial charge in [0.15, 0.2) is 5.75 Å². The highest BCUT2D eigenvalue weighted by Gasteiger charge is 2.37. The molecule has 1 unspecified atom stereocenters. The molecule has 7 heteroatoms. The fourth-order valence-corrected chi connectivity index (χ4v) is 4.32. The van der Waals surface area contributed by atoms with Crippen molar-refractivity contribution in [3.8, 4) is 17.5 Å². The van der Waals surface area contributed by atoms with Crippen molar-refractivity contribution in [2.24, 2.45) is 5.92 Å². The van der Waals surface area contributed by atoms with Gasteiger partial charge < -0.3 is 14.2 Å². The first-order valence-corrected chi connectivity index (χ1v) is 10.2. The van der Waals surface area contributed by atoms with Gasteiger partial charge in [0.25, 0.3) is 5.88 Å². The van der Waals surface area contributed by atoms with Crippen LogP contribution in [-0.4, -0.2) is 48.3 Å². The van der Waals surface area contributed by atoms with Crippen LogP contribution in [0.4, 0.5) is 0 Å². The second-order valence-corrected chi connectivity index (χ2v) is 8.55. The molecular weight excluding hydrogens is 374 g/mol. The summed E-state index contributed by atoms with van der Waals surface area (Å²) in [5, 5.41) is 0. The maximum atomic E-state index is 5.65. The molecule has 6 nitrogen and oxygen atoms in total. The van der Waals surface area contributed by atoms with Crippen molar-refractivity contribution in [2.75, 3.05) is 33.4 Å². The van der Waals surface area contributed by atoms with Gasteiger partial charge in [-0.2, -0.15) is 12.6 Å². The van der Waals surface area contributed by atoms with E-state index >= 15 is 0 Å². The van der Waals surface area contributed by atoms with E-state index in [1.165, 1.54) is 5.56 Å². The number of thiol groups is 1. The minimum absolute atomic E-state index is 0.462. The number of rotatable bonds is 5. The topological polar surface area (TPSA) is 56.7 Å². The number of fused-ring (bicyclic) bond motifs is 1. The third kappa shape index (κ3) is 3.91. The van der Waals surface area contributed by atoms with E-state index < -0.39 is 4.87 Å². The van der Waals surface area contributed by atoms with Gasteiger partial charge in [-0.15, -0.1) is 0 Å². The van der Waals surface area contributed by atoms with Gasteiger partial charge in [0.1, 0.15) is 18.1 Å². The number of nitrogens with zero attached hydrogens (tertiary/aromatic N) is 3. The van der Waals surface area contributed by atoms with Crippen LogP contribution in [0, 0.1) is 12.8 Å². The summed E-state index contributed by atoms with van der Waals surface area (Å²) in [5.74, 6) is 2.53. The summed E-state index contributed by atoms with van der Waals surface area (Å²) in [4.78, 5) is 11.0. The Balaban J connectivity index is 1.46. The summed E-state index contributed by atoms with van der Waals surface area (Å²) >= 11 is 4.99. The molecule has 1 fully saturated rings. The molecule has 4 rings (SSSR count). The fourth-order valence-electron chi connectivity index (χ4n) is 4.01. The van der Waals surface area contributed by atoms with Gasteiger partial charge in [-0.25, -0.2) is 9.97 Å². The lowest BCUT2D eigenvalue weighted by molar-refractivity contribution is 0.160. The van der Waals surface area contributed by atoms with Crippen LogP contribution in [-0.2, 0) is 11.3 Å². The van der Waals surface area contributed by atoms with Gasteiger partial charge in [0.05, 0.1) is 12.8 Å². The number of hydrogen-bond acceptors (Lipinski definition) is 7. The van der Waals surface area contributed by atoms with Gasteiger partial charge in [-0.3, -0.25) is 4.90 Å². The predicted molar refractivity (Wildman–Crippen MR) is 110 cm³/mol. The highest BCUT2D eigenvalue weighted by molar-refractivity contribution is 7.81. The maximum Gasteiger partial charge on any atom is 0.257 e. The average molecular weight is 402 g/mol. The first kappa shape index (κ1) is 19.3. The third-order valence-electron chi connectivity index (χ3n) is 5.52. The summed E-state index contributed by atoms with van der Waals surface area (Å²) < 4.78 is 16.6. The number of pyridine rings is 2. The second kappa shape index (κ2) is 7.79. The van der Waals surface area contributed by atoms with Crippen LogP contribution >= 0.6 is 12.6 Å². The Morgan fingerprint density at radius 1 is 1.25 bits per heavy atom. The van der Waals surface area contributed by atoms with Gasteiger partial charge in [-0.05, 0) is 56.4 Å². The number of aryl methyl sites for hydroxylation is 1. The van der Waals surface area contributed by atoms with Crippen LogP contribution in [0.15, 0.2) is 24.3 Å². The Morgan fingerprint density at radius 2 is 2.07 bits per heavy atom. The van der Waals surface area contributed by atoms with Crippen molar-refractivity contribution >= 4 is 12.6 Å². The molecule has 4 heterocycles. The molecule has 2 aliphatic rings. The van der Waals surface area contributed by atoms with Gasteiger partial charge in [0.2, 0.25) is 5.88 Å². The summed E-state index contributed by atoms with van der Waals surface area (Å²) in [6.07, 6.45) is 2.14. The SMILES string of the molecule is COc1cc(CC2CCN([C@@](C)(S)c3ccc4c(n3)OCCO4)C2)cc(C)n1. The van der Waals surface area contributed by atoms with Crippen molar-refractivity contribution in [1.82, 2.24) is 14.9 Å². The van der Waals surface area contributed by atoms with E-state index in [9.17, 15) is 0 Å². The molecule has 150 valence electrons. The van der Waals surface area contributed by atoms with Crippen LogP contribution in [0.1, 0.15) is 30.3 Å². The monoisotopic (exact) mass is 401 g/mol. The zero-order valence-corrected chi connectivity index (χ0v) is 17.5. The van der Waals surface area contributed by atoms with Crippen LogP contribution in [0.2, 0.25) is 0 Å². The predicted octanol–water partition coefficient (Wildman–Crippen LogP) is 3.23. The first-order valence-electron chi connectivity index (χ1n) is 9.72. The zero-order valence-electron chi connectivity index (χ0n) is 16.6. The Bertz CT molecular complexity index is 859. The van der Waals surface area contributed by atoms with Crippen molar-refractivity contribution in [1.29, 1.82) is 0 Å². The van der Waals surface area contributed by atoms with E-state index in [0.29, 0.717) is 36.6 Å². The molecule has 2 aromatic rings. The van der Waals surface area contributed by atoms with E-state index in [2.05, 4.69) is 27.9 Å². The minimum atomic E-state index is -0.462. The van der Waals surface area contributed by atoms with Gasteiger partial charge in [-0.1, -0.05) is 0 Å². The highest BCUT2D eigenvalue weighted by Crippen LogP contribution is 2.39. The average Bonchev–Trinajstić information content (AvgIpc) is 3.16. The van der Waals surface area contributed by atoms with E-state index in [-0.39, 0.29) is 0 Å². The van der Waals surface area contributed by atoms with E-state index in [4.69, 9.17) is 26.8 Å². The zero-order chi connectivity index (χ0) is 19.7. The lowest BCUT2D eigenvalue weighted by atomic mass is 9.99. The first-order chi connectivity index (χ1) is 13.5. The minimum Gasteiger partial charge on any atom is -0.484 e. The summed E-state index contributed by atoms with van der Waals surface area (Å²) in [7, 11) is 1.66. The van der Waals surface area contributed by atoms with Crippen LogP contribution in [0.25, 0.3) is 0 Å². The normalized spacial score (nSPS) is 21.4. The lowest BCUT2D eigenvalue weighted by Crippen LogP contribution is -2.39. The molecule has 0 bridgehead atoms. The molecule has 0 aromatic carbocycles. The summed E-state index contributed by atoms with van der Waals surface area (Å²) in [6, 6.07) is 8.11. The summed E-state index contributed by atoms with van der Waals surface area (Å²) in [5.41, 5.74) is 3.15. The molecule has 0 amide bonds. The number of methoxy groups -OCH3 is 1. The number of likely N-dealkylation sites (tertiary alicyclic amines) is 1. The fraction of sp³-hybridized carbons (Fsp3) is 0.524. The lowest BCUT2D eigenvalue weighted by Gasteiger charge is -2.34. The quantitative estimate of drug-likeness (QED) is 0.777. The second-order valence-electron chi connectivity index (χ2n) is 7.68.